The normalized spacial score (nSPS) is 13.8. The summed E-state index contributed by atoms with van der Waals surface area (Å²) in [5.74, 6) is 0. The second-order valence-corrected chi connectivity index (χ2v) is 4.19. The van der Waals surface area contributed by atoms with E-state index >= 15 is 0 Å². The smallest absolute Gasteiger partial charge is 0.264 e. The van der Waals surface area contributed by atoms with E-state index in [2.05, 4.69) is 4.98 Å². The van der Waals surface area contributed by atoms with Crippen LogP contribution in [0, 0.1) is 0 Å². The van der Waals surface area contributed by atoms with Gasteiger partial charge in [0.2, 0.25) is 0 Å². The van der Waals surface area contributed by atoms with Crippen molar-refractivity contribution in [3.05, 3.63) is 29.6 Å². The predicted molar refractivity (Wildman–Crippen MR) is 57.5 cm³/mol. The zero-order valence-electron chi connectivity index (χ0n) is 8.89. The van der Waals surface area contributed by atoms with E-state index < -0.39 is 11.7 Å². The van der Waals surface area contributed by atoms with Crippen molar-refractivity contribution in [3.63, 3.8) is 0 Å². The second-order valence-electron chi connectivity index (χ2n) is 3.57. The summed E-state index contributed by atoms with van der Waals surface area (Å²) in [7, 11) is 0. The first kappa shape index (κ1) is 13.3. The molecule has 0 aliphatic rings. The van der Waals surface area contributed by atoms with Gasteiger partial charge in [0.25, 0.3) is 0 Å². The van der Waals surface area contributed by atoms with Gasteiger partial charge in [0.05, 0.1) is 5.56 Å². The Hall–Kier alpha value is -0.770. The lowest BCUT2D eigenvalue weighted by Gasteiger charge is -2.13. The molecule has 0 spiro atoms. The van der Waals surface area contributed by atoms with Crippen LogP contribution >= 0.6 is 11.6 Å². The summed E-state index contributed by atoms with van der Waals surface area (Å²) < 4.78 is 37.8. The highest BCUT2D eigenvalue weighted by Crippen LogP contribution is 2.32. The van der Waals surface area contributed by atoms with Gasteiger partial charge in [-0.2, -0.15) is 13.2 Å². The molecule has 0 bridgehead atoms. The Bertz CT molecular complexity index is 338. The molecule has 1 heterocycles. The fraction of sp³-hybridized carbons (Fsp3) is 0.545. The summed E-state index contributed by atoms with van der Waals surface area (Å²) in [6, 6.07) is 1.00. The molecule has 90 valence electrons. The van der Waals surface area contributed by atoms with Crippen molar-refractivity contribution in [3.8, 4) is 0 Å². The highest BCUT2D eigenvalue weighted by molar-refractivity contribution is 6.20. The molecule has 1 rings (SSSR count). The van der Waals surface area contributed by atoms with Crippen molar-refractivity contribution >= 4 is 11.6 Å². The fourth-order valence-electron chi connectivity index (χ4n) is 1.42. The number of alkyl halides is 4. The number of hydrogen-bond acceptors (Lipinski definition) is 1. The maximum absolute atomic E-state index is 12.6. The van der Waals surface area contributed by atoms with E-state index in [-0.39, 0.29) is 10.9 Å². The van der Waals surface area contributed by atoms with Crippen LogP contribution in [0.3, 0.4) is 0 Å². The fourth-order valence-corrected chi connectivity index (χ4v) is 1.53. The molecule has 0 radical (unpaired) electrons. The highest BCUT2D eigenvalue weighted by atomic mass is 35.5. The van der Waals surface area contributed by atoms with Gasteiger partial charge in [0.15, 0.2) is 0 Å². The predicted octanol–water partition coefficient (Wildman–Crippen LogP) is 4.05. The Morgan fingerprint density at radius 2 is 2.12 bits per heavy atom. The number of nitrogens with zero attached hydrogens (tertiary/aromatic N) is 1. The van der Waals surface area contributed by atoms with Gasteiger partial charge in [-0.1, -0.05) is 6.92 Å². The highest BCUT2D eigenvalue weighted by Gasteiger charge is 2.32. The Morgan fingerprint density at radius 1 is 1.44 bits per heavy atom. The summed E-state index contributed by atoms with van der Waals surface area (Å²) in [6.07, 6.45) is -0.292. The first-order valence-electron chi connectivity index (χ1n) is 5.09. The van der Waals surface area contributed by atoms with Gasteiger partial charge in [0, 0.05) is 17.8 Å². The van der Waals surface area contributed by atoms with Crippen molar-refractivity contribution in [1.82, 2.24) is 4.98 Å². The summed E-state index contributed by atoms with van der Waals surface area (Å²) in [5, 5.41) is -0.0821. The Morgan fingerprint density at radius 3 is 2.69 bits per heavy atom. The van der Waals surface area contributed by atoms with Gasteiger partial charge >= 0.3 is 6.18 Å². The molecule has 0 amide bonds. The minimum absolute atomic E-state index is 0.0821. The van der Waals surface area contributed by atoms with Crippen LogP contribution in [0.15, 0.2) is 18.5 Å². The molecule has 1 unspecified atom stereocenters. The van der Waals surface area contributed by atoms with Crippen LogP contribution in [0.2, 0.25) is 0 Å². The summed E-state index contributed by atoms with van der Waals surface area (Å²) in [4.78, 5) is 3.72. The summed E-state index contributed by atoms with van der Waals surface area (Å²) in [6.45, 7) is 1.91. The Kier molecular flexibility index (Phi) is 4.59. The SMILES string of the molecule is CCC(Cl)CCc1cnccc1C(F)(F)F. The molecule has 0 aromatic carbocycles. The molecular weight excluding hydrogens is 239 g/mol. The number of hydrogen-bond donors (Lipinski definition) is 0. The van der Waals surface area contributed by atoms with Crippen molar-refractivity contribution in [2.45, 2.75) is 37.7 Å². The quantitative estimate of drug-likeness (QED) is 0.736. The molecule has 1 aromatic rings. The molecule has 0 aliphatic carbocycles. The lowest BCUT2D eigenvalue weighted by molar-refractivity contribution is -0.138. The molecule has 1 aromatic heterocycles. The molecule has 0 fully saturated rings. The van der Waals surface area contributed by atoms with Crippen LogP contribution in [-0.2, 0) is 12.6 Å². The maximum atomic E-state index is 12.6. The first-order valence-corrected chi connectivity index (χ1v) is 5.53. The van der Waals surface area contributed by atoms with Gasteiger partial charge in [-0.05, 0) is 30.9 Å². The monoisotopic (exact) mass is 251 g/mol. The lowest BCUT2D eigenvalue weighted by atomic mass is 10.0. The summed E-state index contributed by atoms with van der Waals surface area (Å²) >= 11 is 5.88. The van der Waals surface area contributed by atoms with Crippen LogP contribution in [0.5, 0.6) is 0 Å². The molecule has 0 aliphatic heterocycles. The third-order valence-electron chi connectivity index (χ3n) is 2.38. The Labute approximate surface area is 97.6 Å². The van der Waals surface area contributed by atoms with E-state index in [9.17, 15) is 13.2 Å². The molecule has 1 atom stereocenters. The molecule has 16 heavy (non-hydrogen) atoms. The van der Waals surface area contributed by atoms with Crippen LogP contribution in [0.25, 0.3) is 0 Å². The van der Waals surface area contributed by atoms with E-state index in [4.69, 9.17) is 11.6 Å². The topological polar surface area (TPSA) is 12.9 Å². The van der Waals surface area contributed by atoms with E-state index in [0.29, 0.717) is 12.8 Å². The molecular formula is C11H13ClF3N. The minimum atomic E-state index is -4.31. The van der Waals surface area contributed by atoms with Crippen LogP contribution in [0.4, 0.5) is 13.2 Å². The van der Waals surface area contributed by atoms with Crippen LogP contribution < -0.4 is 0 Å². The van der Waals surface area contributed by atoms with Gasteiger partial charge in [0.1, 0.15) is 0 Å². The number of aryl methyl sites for hydroxylation is 1. The van der Waals surface area contributed by atoms with E-state index in [1.165, 1.54) is 6.20 Å². The van der Waals surface area contributed by atoms with Crippen molar-refractivity contribution in [1.29, 1.82) is 0 Å². The summed E-state index contributed by atoms with van der Waals surface area (Å²) in [5.41, 5.74) is -0.392. The maximum Gasteiger partial charge on any atom is 0.416 e. The van der Waals surface area contributed by atoms with Gasteiger partial charge < -0.3 is 0 Å². The van der Waals surface area contributed by atoms with Crippen molar-refractivity contribution < 1.29 is 13.2 Å². The number of halogens is 4. The average molecular weight is 252 g/mol. The minimum Gasteiger partial charge on any atom is -0.264 e. The third-order valence-corrected chi connectivity index (χ3v) is 2.91. The molecule has 0 saturated carbocycles. The Balaban J connectivity index is 2.80. The third kappa shape index (κ3) is 3.67. The zero-order valence-corrected chi connectivity index (χ0v) is 9.65. The number of pyridine rings is 1. The number of aromatic nitrogens is 1. The first-order chi connectivity index (χ1) is 7.45. The average Bonchev–Trinajstić information content (AvgIpc) is 2.25. The van der Waals surface area contributed by atoms with Crippen LogP contribution in [0.1, 0.15) is 30.9 Å². The number of rotatable bonds is 4. The van der Waals surface area contributed by atoms with E-state index in [0.717, 1.165) is 18.7 Å². The molecule has 1 nitrogen and oxygen atoms in total. The van der Waals surface area contributed by atoms with Crippen LogP contribution in [-0.4, -0.2) is 10.4 Å². The van der Waals surface area contributed by atoms with E-state index in [1.807, 2.05) is 6.92 Å². The van der Waals surface area contributed by atoms with Crippen molar-refractivity contribution in [2.24, 2.45) is 0 Å². The standard InChI is InChI=1S/C11H13ClF3N/c1-2-9(12)4-3-8-7-16-6-5-10(8)11(13,14)15/h5-7,9H,2-4H2,1H3. The van der Waals surface area contributed by atoms with Gasteiger partial charge in [-0.25, -0.2) is 0 Å². The van der Waals surface area contributed by atoms with Gasteiger partial charge in [-0.3, -0.25) is 4.98 Å². The van der Waals surface area contributed by atoms with Crippen molar-refractivity contribution in [2.75, 3.05) is 0 Å². The molecule has 0 saturated heterocycles. The molecule has 5 heteroatoms. The second kappa shape index (κ2) is 5.53. The lowest BCUT2D eigenvalue weighted by Crippen LogP contribution is -2.10. The molecule has 0 N–H and O–H groups in total. The zero-order chi connectivity index (χ0) is 12.2. The largest absolute Gasteiger partial charge is 0.416 e. The van der Waals surface area contributed by atoms with Gasteiger partial charge in [-0.15, -0.1) is 11.6 Å². The van der Waals surface area contributed by atoms with E-state index in [1.54, 1.807) is 0 Å².